The van der Waals surface area contributed by atoms with Crippen LogP contribution in [0.3, 0.4) is 0 Å². The lowest BCUT2D eigenvalue weighted by atomic mass is 9.34. The van der Waals surface area contributed by atoms with Crippen molar-refractivity contribution in [3.05, 3.63) is 23.3 Å². The average Bonchev–Trinajstić information content (AvgIpc) is 3.07. The minimum absolute atomic E-state index is 0.0468. The van der Waals surface area contributed by atoms with Gasteiger partial charge in [0.1, 0.15) is 17.5 Å². The van der Waals surface area contributed by atoms with Gasteiger partial charge in [-0.05, 0) is 37.8 Å². The smallest absolute Gasteiger partial charge is 0.165 e. The zero-order valence-electron chi connectivity index (χ0n) is 17.3. The van der Waals surface area contributed by atoms with E-state index in [1.54, 1.807) is 26.0 Å². The molecule has 3 saturated carbocycles. The molecule has 4 bridgehead atoms. The van der Waals surface area contributed by atoms with Gasteiger partial charge in [0.15, 0.2) is 11.5 Å². The number of ether oxygens (including phenoxy) is 3. The highest BCUT2D eigenvalue weighted by Gasteiger charge is 2.82. The van der Waals surface area contributed by atoms with Gasteiger partial charge in [-0.15, -0.1) is 0 Å². The van der Waals surface area contributed by atoms with Crippen LogP contribution in [0.5, 0.6) is 11.5 Å². The highest BCUT2D eigenvalue weighted by Crippen LogP contribution is 2.75. The normalized spacial score (nSPS) is 46.7. The summed E-state index contributed by atoms with van der Waals surface area (Å²) in [6.45, 7) is 2.89. The number of benzene rings is 1. The maximum absolute atomic E-state index is 12.8. The molecule has 1 unspecified atom stereocenters. The van der Waals surface area contributed by atoms with Gasteiger partial charge in [0.25, 0.3) is 0 Å². The van der Waals surface area contributed by atoms with E-state index in [-0.39, 0.29) is 28.6 Å². The Hall–Kier alpha value is -1.59. The Kier molecular flexibility index (Phi) is 3.16. The number of ketones is 1. The third-order valence-electron chi connectivity index (χ3n) is 9.48. The number of carbonyl (C=O) groups excluding carboxylic acids is 1. The summed E-state index contributed by atoms with van der Waals surface area (Å²) in [4.78, 5) is 14.5. The summed E-state index contributed by atoms with van der Waals surface area (Å²) in [6.07, 6.45) is 5.05. The van der Waals surface area contributed by atoms with Crippen LogP contribution in [-0.2, 0) is 21.4 Å². The van der Waals surface area contributed by atoms with Crippen LogP contribution in [0, 0.1) is 11.3 Å². The predicted octanol–water partition coefficient (Wildman–Crippen LogP) is 1.31. The minimum atomic E-state index is -0.526. The van der Waals surface area contributed by atoms with Crippen molar-refractivity contribution in [3.8, 4) is 11.5 Å². The van der Waals surface area contributed by atoms with Crippen LogP contribution in [0.25, 0.3) is 0 Å². The number of Topliss-reactive ketones (excluding diaryl/α,β-unsaturated/α-hetero) is 1. The van der Waals surface area contributed by atoms with Crippen molar-refractivity contribution in [2.45, 2.75) is 62.2 Å². The maximum atomic E-state index is 12.8. The van der Waals surface area contributed by atoms with Gasteiger partial charge in [0.2, 0.25) is 0 Å². The SMILES string of the molecule is COc1ccc2c3c1O[C@H]1[C@@]4(OC)CC[C@@]5(C[C@H]4C(C)=O)[C@H](C2)[NH+](C)CC[C@@]315. The first-order valence-corrected chi connectivity index (χ1v) is 10.7. The lowest BCUT2D eigenvalue weighted by Gasteiger charge is -2.71. The van der Waals surface area contributed by atoms with Crippen LogP contribution >= 0.6 is 0 Å². The molecule has 2 spiro atoms. The minimum Gasteiger partial charge on any atom is -0.493 e. The molecule has 1 saturated heterocycles. The fraction of sp³-hybridized carbons (Fsp3) is 0.696. The second-order valence-electron chi connectivity index (χ2n) is 9.89. The molecule has 7 rings (SSSR count). The molecule has 28 heavy (non-hydrogen) atoms. The number of carbonyl (C=O) groups is 1. The second-order valence-corrected chi connectivity index (χ2v) is 9.89. The van der Waals surface area contributed by atoms with Crippen molar-refractivity contribution in [1.29, 1.82) is 0 Å². The molecule has 0 amide bonds. The summed E-state index contributed by atoms with van der Waals surface area (Å²) in [5, 5.41) is 0. The Morgan fingerprint density at radius 2 is 2.07 bits per heavy atom. The Morgan fingerprint density at radius 3 is 2.79 bits per heavy atom. The number of nitrogens with one attached hydrogen (secondary N) is 1. The van der Waals surface area contributed by atoms with E-state index in [1.807, 2.05) is 0 Å². The van der Waals surface area contributed by atoms with Crippen LogP contribution in [0.4, 0.5) is 0 Å². The van der Waals surface area contributed by atoms with Crippen LogP contribution < -0.4 is 14.4 Å². The standard InChI is InChI=1S/C23H29NO4/c1-13(25)15-12-21-7-8-23(15,27-4)20-22(21)9-10-24(2)17(21)11-14-5-6-16(26-3)19(28-20)18(14)22/h5-6,15,17,20H,7-12H2,1-4H3/p+1/t15-,17-,20+,21+,22+,23+/m0/s1. The van der Waals surface area contributed by atoms with Crippen molar-refractivity contribution in [2.24, 2.45) is 11.3 Å². The fourth-order valence-corrected chi connectivity index (χ4v) is 8.47. The summed E-state index contributed by atoms with van der Waals surface area (Å²) in [5.41, 5.74) is 2.35. The molecular formula is C23H30NO4+. The number of quaternary nitrogens is 1. The van der Waals surface area contributed by atoms with Gasteiger partial charge in [-0.1, -0.05) is 6.07 Å². The Balaban J connectivity index is 1.69. The molecule has 150 valence electrons. The van der Waals surface area contributed by atoms with Gasteiger partial charge < -0.3 is 19.1 Å². The lowest BCUT2D eigenvalue weighted by Crippen LogP contribution is -3.18. The number of hydrogen-bond acceptors (Lipinski definition) is 4. The second kappa shape index (κ2) is 5.11. The van der Waals surface area contributed by atoms with Gasteiger partial charge in [0, 0.05) is 30.9 Å². The molecular weight excluding hydrogens is 354 g/mol. The summed E-state index contributed by atoms with van der Waals surface area (Å²) in [7, 11) is 5.86. The lowest BCUT2D eigenvalue weighted by molar-refractivity contribution is -0.925. The maximum Gasteiger partial charge on any atom is 0.165 e. The van der Waals surface area contributed by atoms with Crippen molar-refractivity contribution >= 4 is 5.78 Å². The van der Waals surface area contributed by atoms with Crippen LogP contribution in [0.2, 0.25) is 0 Å². The van der Waals surface area contributed by atoms with Crippen LogP contribution in [0.1, 0.15) is 43.7 Å². The van der Waals surface area contributed by atoms with Crippen LogP contribution in [0.15, 0.2) is 12.1 Å². The quantitative estimate of drug-likeness (QED) is 0.854. The first kappa shape index (κ1) is 17.3. The summed E-state index contributed by atoms with van der Waals surface area (Å²) < 4.78 is 18.8. The van der Waals surface area contributed by atoms with E-state index in [0.29, 0.717) is 6.04 Å². The van der Waals surface area contributed by atoms with Gasteiger partial charge in [-0.2, -0.15) is 0 Å². The fourth-order valence-electron chi connectivity index (χ4n) is 8.47. The number of hydrogen-bond donors (Lipinski definition) is 1. The topological polar surface area (TPSA) is 49.2 Å². The monoisotopic (exact) mass is 384 g/mol. The highest BCUT2D eigenvalue weighted by atomic mass is 16.6. The van der Waals surface area contributed by atoms with Gasteiger partial charge in [-0.3, -0.25) is 4.79 Å². The molecule has 5 heteroatoms. The number of rotatable bonds is 3. The molecule has 0 radical (unpaired) electrons. The van der Waals surface area contributed by atoms with Gasteiger partial charge in [0.05, 0.1) is 38.1 Å². The van der Waals surface area contributed by atoms with Crippen molar-refractivity contribution < 1.29 is 23.9 Å². The Morgan fingerprint density at radius 1 is 1.25 bits per heavy atom. The third-order valence-corrected chi connectivity index (χ3v) is 9.48. The molecule has 7 atom stereocenters. The number of fused-ring (bicyclic) bond motifs is 2. The Labute approximate surface area is 166 Å². The van der Waals surface area contributed by atoms with Crippen molar-refractivity contribution in [3.63, 3.8) is 0 Å². The average molecular weight is 384 g/mol. The summed E-state index contributed by atoms with van der Waals surface area (Å²) in [5.74, 6) is 1.93. The number of methoxy groups -OCH3 is 2. The third kappa shape index (κ3) is 1.53. The zero-order chi connectivity index (χ0) is 19.5. The first-order valence-electron chi connectivity index (χ1n) is 10.7. The molecule has 2 aliphatic heterocycles. The van der Waals surface area contributed by atoms with E-state index in [0.717, 1.165) is 50.1 Å². The molecule has 2 heterocycles. The molecule has 6 aliphatic rings. The van der Waals surface area contributed by atoms with E-state index in [4.69, 9.17) is 14.2 Å². The summed E-state index contributed by atoms with van der Waals surface area (Å²) >= 11 is 0. The molecule has 1 aromatic carbocycles. The molecule has 4 fully saturated rings. The van der Waals surface area contributed by atoms with E-state index < -0.39 is 5.60 Å². The number of likely N-dealkylation sites (N-methyl/N-ethyl adjacent to an activating group) is 1. The summed E-state index contributed by atoms with van der Waals surface area (Å²) in [6, 6.07) is 4.86. The number of piperidine rings is 1. The largest absolute Gasteiger partial charge is 0.493 e. The highest BCUT2D eigenvalue weighted by molar-refractivity contribution is 5.81. The first-order chi connectivity index (χ1) is 13.4. The van der Waals surface area contributed by atoms with E-state index >= 15 is 0 Å². The van der Waals surface area contributed by atoms with E-state index in [9.17, 15) is 4.79 Å². The van der Waals surface area contributed by atoms with Crippen molar-refractivity contribution in [1.82, 2.24) is 0 Å². The van der Waals surface area contributed by atoms with E-state index in [2.05, 4.69) is 19.2 Å². The van der Waals surface area contributed by atoms with E-state index in [1.165, 1.54) is 11.1 Å². The molecule has 5 nitrogen and oxygen atoms in total. The van der Waals surface area contributed by atoms with Crippen LogP contribution in [-0.4, -0.2) is 51.3 Å². The number of likely N-dealkylation sites (tertiary alicyclic amines) is 1. The predicted molar refractivity (Wildman–Crippen MR) is 103 cm³/mol. The molecule has 1 N–H and O–H groups in total. The van der Waals surface area contributed by atoms with Gasteiger partial charge >= 0.3 is 0 Å². The Bertz CT molecular complexity index is 899. The zero-order valence-corrected chi connectivity index (χ0v) is 17.3. The van der Waals surface area contributed by atoms with Gasteiger partial charge in [-0.25, -0.2) is 0 Å². The molecule has 4 aliphatic carbocycles. The molecule has 1 aromatic rings. The van der Waals surface area contributed by atoms with Crippen molar-refractivity contribution in [2.75, 3.05) is 27.8 Å². The molecule has 0 aromatic heterocycles.